The molecular weight excluding hydrogens is 180 g/mol. The molecule has 0 amide bonds. The van der Waals surface area contributed by atoms with E-state index in [2.05, 4.69) is 48.0 Å². The average molecular weight is 208 g/mol. The van der Waals surface area contributed by atoms with Crippen molar-refractivity contribution in [2.75, 3.05) is 0 Å². The summed E-state index contributed by atoms with van der Waals surface area (Å²) in [7, 11) is 0. The van der Waals surface area contributed by atoms with Crippen molar-refractivity contribution in [1.29, 1.82) is 0 Å². The second-order valence-corrected chi connectivity index (χ2v) is 6.36. The summed E-state index contributed by atoms with van der Waals surface area (Å²) in [6.07, 6.45) is 8.89. The molecule has 88 valence electrons. The summed E-state index contributed by atoms with van der Waals surface area (Å²) < 4.78 is 0. The van der Waals surface area contributed by atoms with Crippen LogP contribution >= 0.6 is 0 Å². The highest BCUT2D eigenvalue weighted by Gasteiger charge is 2.49. The van der Waals surface area contributed by atoms with Gasteiger partial charge < -0.3 is 0 Å². The molecule has 0 heteroatoms. The fourth-order valence-corrected chi connectivity index (χ4v) is 3.61. The summed E-state index contributed by atoms with van der Waals surface area (Å²) in [5.41, 5.74) is 0.740. The van der Waals surface area contributed by atoms with Gasteiger partial charge in [0.1, 0.15) is 0 Å². The van der Waals surface area contributed by atoms with E-state index in [1.165, 1.54) is 25.7 Å². The third-order valence-electron chi connectivity index (χ3n) is 4.84. The Kier molecular flexibility index (Phi) is 3.90. The van der Waals surface area contributed by atoms with Crippen molar-refractivity contribution in [1.82, 2.24) is 0 Å². The molecule has 0 aliphatic heterocycles. The van der Waals surface area contributed by atoms with E-state index in [-0.39, 0.29) is 5.41 Å². The van der Waals surface area contributed by atoms with Gasteiger partial charge in [-0.2, -0.15) is 0 Å². The van der Waals surface area contributed by atoms with Gasteiger partial charge >= 0.3 is 0 Å². The van der Waals surface area contributed by atoms with Crippen LogP contribution in [0.2, 0.25) is 0 Å². The second kappa shape index (κ2) is 4.47. The van der Waals surface area contributed by atoms with Crippen LogP contribution in [0.3, 0.4) is 0 Å². The molecule has 2 atom stereocenters. The van der Waals surface area contributed by atoms with E-state index in [1.807, 2.05) is 0 Å². The van der Waals surface area contributed by atoms with Crippen LogP contribution in [0.25, 0.3) is 0 Å². The Labute approximate surface area is 96.8 Å². The van der Waals surface area contributed by atoms with Crippen molar-refractivity contribution < 1.29 is 0 Å². The molecule has 0 nitrogen and oxygen atoms in total. The van der Waals surface area contributed by atoms with Crippen molar-refractivity contribution in [2.24, 2.45) is 22.7 Å². The first-order valence-electron chi connectivity index (χ1n) is 6.60. The molecule has 15 heavy (non-hydrogen) atoms. The molecule has 0 N–H and O–H groups in total. The summed E-state index contributed by atoms with van der Waals surface area (Å²) in [5.74, 6) is 1.68. The number of hydrogen-bond donors (Lipinski definition) is 0. The maximum atomic E-state index is 3.72. The Bertz CT molecular complexity index is 202. The van der Waals surface area contributed by atoms with Gasteiger partial charge in [-0.1, -0.05) is 48.0 Å². The molecule has 1 aliphatic rings. The molecule has 1 fully saturated rings. The zero-order valence-electron chi connectivity index (χ0n) is 11.5. The predicted octanol–water partition coefficient (Wildman–Crippen LogP) is 4.97. The van der Waals surface area contributed by atoms with Gasteiger partial charge in [0.05, 0.1) is 0 Å². The van der Waals surface area contributed by atoms with Crippen LogP contribution in [0.5, 0.6) is 0 Å². The zero-order chi connectivity index (χ0) is 11.7. The van der Waals surface area contributed by atoms with Gasteiger partial charge in [-0.25, -0.2) is 0 Å². The molecule has 0 aromatic carbocycles. The fraction of sp³-hybridized carbons (Fsp3) is 0.933. The van der Waals surface area contributed by atoms with Crippen LogP contribution in [-0.2, 0) is 0 Å². The minimum atomic E-state index is 0.288. The SMILES string of the molecule is CCCC1(C)C(C(C)C)CC[C]C1(C)C. The zero-order valence-corrected chi connectivity index (χ0v) is 11.5. The Morgan fingerprint density at radius 2 is 1.87 bits per heavy atom. The van der Waals surface area contributed by atoms with Crippen molar-refractivity contribution in [3.63, 3.8) is 0 Å². The highest BCUT2D eigenvalue weighted by molar-refractivity contribution is 5.05. The van der Waals surface area contributed by atoms with Gasteiger partial charge in [0.15, 0.2) is 0 Å². The van der Waals surface area contributed by atoms with E-state index in [4.69, 9.17) is 0 Å². The average Bonchev–Trinajstić information content (AvgIpc) is 2.10. The van der Waals surface area contributed by atoms with Crippen molar-refractivity contribution in [2.45, 2.75) is 67.2 Å². The lowest BCUT2D eigenvalue weighted by molar-refractivity contribution is -0.0208. The summed E-state index contributed by atoms with van der Waals surface area (Å²) in [5, 5.41) is 0. The summed E-state index contributed by atoms with van der Waals surface area (Å²) in [4.78, 5) is 0. The lowest BCUT2D eigenvalue weighted by Crippen LogP contribution is -2.47. The molecule has 2 radical (unpaired) electrons. The van der Waals surface area contributed by atoms with E-state index in [9.17, 15) is 0 Å². The minimum Gasteiger partial charge on any atom is -0.0654 e. The highest BCUT2D eigenvalue weighted by Crippen LogP contribution is 2.57. The molecule has 0 saturated heterocycles. The second-order valence-electron chi connectivity index (χ2n) is 6.36. The van der Waals surface area contributed by atoms with Gasteiger partial charge in [0.25, 0.3) is 0 Å². The maximum Gasteiger partial charge on any atom is -0.0106 e. The molecule has 1 saturated carbocycles. The van der Waals surface area contributed by atoms with Gasteiger partial charge in [-0.15, -0.1) is 0 Å². The lowest BCUT2D eigenvalue weighted by Gasteiger charge is -2.54. The lowest BCUT2D eigenvalue weighted by atomic mass is 9.50. The monoisotopic (exact) mass is 208 g/mol. The summed E-state index contributed by atoms with van der Waals surface area (Å²) in [6.45, 7) is 14.4. The molecular formula is C15H28. The van der Waals surface area contributed by atoms with Crippen LogP contribution in [0, 0.1) is 29.1 Å². The molecule has 0 aromatic heterocycles. The molecule has 0 aromatic rings. The Hall–Kier alpha value is 0. The minimum absolute atomic E-state index is 0.288. The smallest absolute Gasteiger partial charge is 0.0106 e. The largest absolute Gasteiger partial charge is 0.0654 e. The molecule has 1 rings (SSSR count). The van der Waals surface area contributed by atoms with E-state index >= 15 is 0 Å². The summed E-state index contributed by atoms with van der Waals surface area (Å²) in [6, 6.07) is 0. The quantitative estimate of drug-likeness (QED) is 0.614. The third-order valence-corrected chi connectivity index (χ3v) is 4.84. The molecule has 2 unspecified atom stereocenters. The van der Waals surface area contributed by atoms with Crippen LogP contribution in [0.15, 0.2) is 0 Å². The maximum absolute atomic E-state index is 3.72. The highest BCUT2D eigenvalue weighted by atomic mass is 14.5. The Balaban J connectivity index is 2.96. The van der Waals surface area contributed by atoms with Crippen molar-refractivity contribution in [3.8, 4) is 0 Å². The summed E-state index contributed by atoms with van der Waals surface area (Å²) >= 11 is 0. The van der Waals surface area contributed by atoms with Crippen LogP contribution in [0.1, 0.15) is 67.2 Å². The van der Waals surface area contributed by atoms with Gasteiger partial charge in [0.2, 0.25) is 0 Å². The first-order valence-corrected chi connectivity index (χ1v) is 6.60. The Morgan fingerprint density at radius 1 is 1.27 bits per heavy atom. The third kappa shape index (κ3) is 2.24. The normalized spacial score (nSPS) is 35.8. The van der Waals surface area contributed by atoms with Crippen LogP contribution in [-0.4, -0.2) is 0 Å². The predicted molar refractivity (Wildman–Crippen MR) is 67.6 cm³/mol. The number of rotatable bonds is 3. The van der Waals surface area contributed by atoms with E-state index < -0.39 is 0 Å². The van der Waals surface area contributed by atoms with Gasteiger partial charge in [-0.3, -0.25) is 0 Å². The standard InChI is InChI=1S/C15H28/c1-7-10-15(6)13(12(2)3)9-8-11-14(15,4)5/h12-13H,7-10H2,1-6H3. The van der Waals surface area contributed by atoms with Crippen LogP contribution in [0.4, 0.5) is 0 Å². The van der Waals surface area contributed by atoms with E-state index in [0.717, 1.165) is 11.8 Å². The molecule has 0 heterocycles. The van der Waals surface area contributed by atoms with Gasteiger partial charge in [-0.05, 0) is 48.3 Å². The first-order chi connectivity index (χ1) is 6.85. The molecule has 0 spiro atoms. The molecule has 0 bridgehead atoms. The topological polar surface area (TPSA) is 0 Å². The Morgan fingerprint density at radius 3 is 2.33 bits per heavy atom. The van der Waals surface area contributed by atoms with Crippen molar-refractivity contribution >= 4 is 0 Å². The molecule has 1 aliphatic carbocycles. The number of hydrogen-bond acceptors (Lipinski definition) is 0. The fourth-order valence-electron chi connectivity index (χ4n) is 3.61. The van der Waals surface area contributed by atoms with Gasteiger partial charge in [0, 0.05) is 0 Å². The van der Waals surface area contributed by atoms with E-state index in [1.54, 1.807) is 0 Å². The van der Waals surface area contributed by atoms with Crippen molar-refractivity contribution in [3.05, 3.63) is 6.42 Å². The van der Waals surface area contributed by atoms with E-state index in [0.29, 0.717) is 5.41 Å². The van der Waals surface area contributed by atoms with Crippen LogP contribution < -0.4 is 0 Å². The first kappa shape index (κ1) is 13.1.